The second-order valence-corrected chi connectivity index (χ2v) is 11.1. The maximum Gasteiger partial charge on any atom is 0.260 e. The van der Waals surface area contributed by atoms with E-state index in [0.717, 1.165) is 0 Å². The first-order chi connectivity index (χ1) is 17.2. The van der Waals surface area contributed by atoms with Crippen LogP contribution in [0.4, 0.5) is 0 Å². The van der Waals surface area contributed by atoms with E-state index in [0.29, 0.717) is 25.0 Å². The van der Waals surface area contributed by atoms with Crippen LogP contribution in [0.1, 0.15) is 33.1 Å². The lowest BCUT2D eigenvalue weighted by atomic mass is 10.0. The summed E-state index contributed by atoms with van der Waals surface area (Å²) in [6.07, 6.45) is 1.51. The number of hydrogen-bond acceptors (Lipinski definition) is 7. The van der Waals surface area contributed by atoms with E-state index in [2.05, 4.69) is 15.6 Å². The number of pyridine rings is 1. The van der Waals surface area contributed by atoms with Gasteiger partial charge in [0, 0.05) is 19.3 Å². The minimum atomic E-state index is -3.87. The highest BCUT2D eigenvalue weighted by molar-refractivity contribution is 7.89. The average Bonchev–Trinajstić information content (AvgIpc) is 3.05. The Hall–Kier alpha value is -3.02. The van der Waals surface area contributed by atoms with Crippen molar-refractivity contribution in [1.82, 2.24) is 19.9 Å². The Morgan fingerprint density at radius 1 is 1.17 bits per heavy atom. The van der Waals surface area contributed by atoms with Crippen molar-refractivity contribution in [2.24, 2.45) is 5.92 Å². The minimum Gasteiger partial charge on any atom is -0.484 e. The Morgan fingerprint density at radius 2 is 1.89 bits per heavy atom. The number of benzene rings is 1. The Kier molecular flexibility index (Phi) is 9.80. The molecule has 0 spiro atoms. The average molecular weight is 519 g/mol. The Morgan fingerprint density at radius 3 is 2.56 bits per heavy atom. The van der Waals surface area contributed by atoms with Gasteiger partial charge in [-0.05, 0) is 49.4 Å². The number of β-amino-alcohol motifs (C(OH)–C–C–N with tert-alkyl or cyclic N) is 1. The van der Waals surface area contributed by atoms with Gasteiger partial charge in [-0.15, -0.1) is 0 Å². The number of carbonyl (C=O) groups is 2. The van der Waals surface area contributed by atoms with Crippen LogP contribution in [0.25, 0.3) is 0 Å². The molecule has 1 aromatic carbocycles. The smallest absolute Gasteiger partial charge is 0.260 e. The SMILES string of the molecule is CC(C)CC(NC(=O)COc1ccccc1)C(=O)NC1CCCN(S(=O)(=O)c2ccccn2)C[C@@H]1O. The number of amides is 2. The molecule has 1 saturated heterocycles. The fourth-order valence-corrected chi connectivity index (χ4v) is 5.44. The summed E-state index contributed by atoms with van der Waals surface area (Å²) in [4.78, 5) is 29.5. The molecule has 3 atom stereocenters. The van der Waals surface area contributed by atoms with Gasteiger partial charge < -0.3 is 20.5 Å². The summed E-state index contributed by atoms with van der Waals surface area (Å²) in [6.45, 7) is 3.67. The molecule has 1 fully saturated rings. The number of sulfonamides is 1. The van der Waals surface area contributed by atoms with Crippen LogP contribution in [0.15, 0.2) is 59.8 Å². The predicted molar refractivity (Wildman–Crippen MR) is 133 cm³/mol. The number of aliphatic hydroxyl groups is 1. The summed E-state index contributed by atoms with van der Waals surface area (Å²) in [5, 5.41) is 16.2. The second-order valence-electron chi connectivity index (χ2n) is 9.21. The third-order valence-corrected chi connectivity index (χ3v) is 7.60. The number of para-hydroxylation sites is 1. The van der Waals surface area contributed by atoms with Crippen LogP contribution in [0, 0.1) is 5.92 Å². The first kappa shape index (κ1) is 27.6. The largest absolute Gasteiger partial charge is 0.484 e. The highest BCUT2D eigenvalue weighted by Crippen LogP contribution is 2.20. The van der Waals surface area contributed by atoms with Gasteiger partial charge in [0.05, 0.1) is 12.1 Å². The molecule has 196 valence electrons. The van der Waals surface area contributed by atoms with E-state index in [9.17, 15) is 23.1 Å². The summed E-state index contributed by atoms with van der Waals surface area (Å²) in [6, 6.07) is 12.0. The lowest BCUT2D eigenvalue weighted by molar-refractivity contribution is -0.131. The third-order valence-electron chi connectivity index (χ3n) is 5.82. The highest BCUT2D eigenvalue weighted by atomic mass is 32.2. The number of carbonyl (C=O) groups excluding carboxylic acids is 2. The van der Waals surface area contributed by atoms with Crippen LogP contribution < -0.4 is 15.4 Å². The van der Waals surface area contributed by atoms with Crippen molar-refractivity contribution in [3.63, 3.8) is 0 Å². The first-order valence-electron chi connectivity index (χ1n) is 12.0. The minimum absolute atomic E-state index is 0.0860. The van der Waals surface area contributed by atoms with Crippen molar-refractivity contribution < 1.29 is 27.9 Å². The van der Waals surface area contributed by atoms with Crippen molar-refractivity contribution in [2.45, 2.75) is 56.3 Å². The zero-order valence-electron chi connectivity index (χ0n) is 20.5. The van der Waals surface area contributed by atoms with Crippen molar-refractivity contribution in [2.75, 3.05) is 19.7 Å². The number of hydrogen-bond donors (Lipinski definition) is 3. The molecule has 2 unspecified atom stereocenters. The van der Waals surface area contributed by atoms with E-state index in [4.69, 9.17) is 4.74 Å². The van der Waals surface area contributed by atoms with Crippen LogP contribution in [0.3, 0.4) is 0 Å². The third kappa shape index (κ3) is 7.74. The summed E-state index contributed by atoms with van der Waals surface area (Å²) >= 11 is 0. The maximum atomic E-state index is 13.1. The van der Waals surface area contributed by atoms with Gasteiger partial charge in [0.15, 0.2) is 11.6 Å². The van der Waals surface area contributed by atoms with Gasteiger partial charge in [0.1, 0.15) is 11.8 Å². The molecule has 0 bridgehead atoms. The number of aromatic nitrogens is 1. The van der Waals surface area contributed by atoms with Crippen LogP contribution in [-0.4, -0.2) is 72.5 Å². The van der Waals surface area contributed by atoms with E-state index in [-0.39, 0.29) is 30.6 Å². The molecule has 2 heterocycles. The number of nitrogens with zero attached hydrogens (tertiary/aromatic N) is 2. The normalized spacial score (nSPS) is 19.8. The van der Waals surface area contributed by atoms with Crippen molar-refractivity contribution in [3.8, 4) is 5.75 Å². The predicted octanol–water partition coefficient (Wildman–Crippen LogP) is 1.32. The van der Waals surface area contributed by atoms with Crippen LogP contribution in [0.2, 0.25) is 0 Å². The van der Waals surface area contributed by atoms with Gasteiger partial charge in [-0.1, -0.05) is 38.1 Å². The molecule has 2 aromatic rings. The molecule has 0 saturated carbocycles. The lowest BCUT2D eigenvalue weighted by Gasteiger charge is -2.27. The maximum absolute atomic E-state index is 13.1. The molecule has 11 heteroatoms. The van der Waals surface area contributed by atoms with Gasteiger partial charge in [0.2, 0.25) is 5.91 Å². The van der Waals surface area contributed by atoms with Crippen molar-refractivity contribution in [1.29, 1.82) is 0 Å². The molecule has 1 aromatic heterocycles. The molecule has 3 N–H and O–H groups in total. The van der Waals surface area contributed by atoms with Gasteiger partial charge in [-0.25, -0.2) is 13.4 Å². The molecule has 3 rings (SSSR count). The molecular weight excluding hydrogens is 484 g/mol. The molecule has 10 nitrogen and oxygen atoms in total. The Labute approximate surface area is 212 Å². The monoisotopic (exact) mass is 518 g/mol. The number of nitrogens with one attached hydrogen (secondary N) is 2. The zero-order valence-corrected chi connectivity index (χ0v) is 21.4. The molecule has 1 aliphatic heterocycles. The van der Waals surface area contributed by atoms with Crippen LogP contribution in [0.5, 0.6) is 5.75 Å². The molecular formula is C25H34N4O6S. The molecule has 36 heavy (non-hydrogen) atoms. The van der Waals surface area contributed by atoms with Crippen molar-refractivity contribution >= 4 is 21.8 Å². The van der Waals surface area contributed by atoms with E-state index >= 15 is 0 Å². The van der Waals surface area contributed by atoms with Crippen LogP contribution in [-0.2, 0) is 19.6 Å². The second kappa shape index (κ2) is 12.8. The van der Waals surface area contributed by atoms with E-state index in [1.54, 1.807) is 36.4 Å². The molecule has 0 aliphatic carbocycles. The van der Waals surface area contributed by atoms with Gasteiger partial charge in [0.25, 0.3) is 15.9 Å². The summed E-state index contributed by atoms with van der Waals surface area (Å²) in [7, 11) is -3.87. The number of ether oxygens (including phenoxy) is 1. The van der Waals surface area contributed by atoms with E-state index < -0.39 is 40.0 Å². The van der Waals surface area contributed by atoms with Crippen molar-refractivity contribution in [3.05, 3.63) is 54.7 Å². The van der Waals surface area contributed by atoms with Gasteiger partial charge in [-0.3, -0.25) is 9.59 Å². The number of aliphatic hydroxyl groups excluding tert-OH is 1. The Bertz CT molecular complexity index is 1100. The van der Waals surface area contributed by atoms with E-state index in [1.807, 2.05) is 19.9 Å². The topological polar surface area (TPSA) is 138 Å². The van der Waals surface area contributed by atoms with Gasteiger partial charge >= 0.3 is 0 Å². The summed E-state index contributed by atoms with van der Waals surface area (Å²) in [5.74, 6) is -0.200. The molecule has 0 radical (unpaired) electrons. The standard InChI is InChI=1S/C25H34N4O6S/c1-18(2)15-21(27-23(31)17-35-19-9-4-3-5-10-19)25(32)28-20-11-8-14-29(16-22(20)30)36(33,34)24-12-6-7-13-26-24/h3-7,9-10,12-13,18,20-22,30H,8,11,14-17H2,1-2H3,(H,27,31)(H,28,32)/t20?,21?,22-/m0/s1. The zero-order chi connectivity index (χ0) is 26.1. The quantitative estimate of drug-likeness (QED) is 0.431. The van der Waals surface area contributed by atoms with Gasteiger partial charge in [-0.2, -0.15) is 4.31 Å². The summed E-state index contributed by atoms with van der Waals surface area (Å²) in [5.41, 5.74) is 0. The Balaban J connectivity index is 1.60. The fourth-order valence-electron chi connectivity index (χ4n) is 4.01. The summed E-state index contributed by atoms with van der Waals surface area (Å²) < 4.78 is 32.5. The first-order valence-corrected chi connectivity index (χ1v) is 13.5. The molecule has 1 aliphatic rings. The lowest BCUT2D eigenvalue weighted by Crippen LogP contribution is -2.54. The fraction of sp³-hybridized carbons (Fsp3) is 0.480. The van der Waals surface area contributed by atoms with E-state index in [1.165, 1.54) is 16.6 Å². The van der Waals surface area contributed by atoms with Crippen LogP contribution >= 0.6 is 0 Å². The highest BCUT2D eigenvalue weighted by Gasteiger charge is 2.35. The number of rotatable bonds is 10. The molecule has 2 amide bonds.